The van der Waals surface area contributed by atoms with Crippen LogP contribution in [0.15, 0.2) is 18.3 Å². The molecule has 0 aliphatic heterocycles. The summed E-state index contributed by atoms with van der Waals surface area (Å²) in [4.78, 5) is 26.5. The number of nitrogens with zero attached hydrogens (tertiary/aromatic N) is 1. The lowest BCUT2D eigenvalue weighted by atomic mass is 10.1. The first-order valence-corrected chi connectivity index (χ1v) is 6.00. The summed E-state index contributed by atoms with van der Waals surface area (Å²) in [6, 6.07) is 2.89. The molecule has 0 radical (unpaired) electrons. The zero-order chi connectivity index (χ0) is 13.5. The lowest BCUT2D eigenvalue weighted by molar-refractivity contribution is -0.124. The maximum absolute atomic E-state index is 11.7. The molecule has 1 aromatic rings. The van der Waals surface area contributed by atoms with Gasteiger partial charge in [-0.15, -0.1) is 0 Å². The first-order chi connectivity index (χ1) is 8.54. The van der Waals surface area contributed by atoms with Crippen molar-refractivity contribution in [1.82, 2.24) is 10.3 Å². The summed E-state index contributed by atoms with van der Waals surface area (Å²) < 4.78 is 0. The Labute approximate surface area is 106 Å². The van der Waals surface area contributed by atoms with Crippen LogP contribution < -0.4 is 5.32 Å². The standard InChI is InChI=1S/C13H18N2O3/c1-3-4-9(2)12(16)15-8-11-7-10(13(17)18)5-6-14-11/h5-7,9H,3-4,8H2,1-2H3,(H,15,16)(H,17,18). The smallest absolute Gasteiger partial charge is 0.335 e. The van der Waals surface area contributed by atoms with Crippen molar-refractivity contribution in [2.24, 2.45) is 5.92 Å². The topological polar surface area (TPSA) is 79.3 Å². The normalized spacial score (nSPS) is 11.9. The van der Waals surface area contributed by atoms with Crippen LogP contribution >= 0.6 is 0 Å². The maximum Gasteiger partial charge on any atom is 0.335 e. The zero-order valence-electron chi connectivity index (χ0n) is 10.6. The molecule has 1 atom stereocenters. The summed E-state index contributed by atoms with van der Waals surface area (Å²) in [5.74, 6) is -1.05. The molecule has 1 unspecified atom stereocenters. The summed E-state index contributed by atoms with van der Waals surface area (Å²) in [6.07, 6.45) is 3.23. The van der Waals surface area contributed by atoms with E-state index in [1.807, 2.05) is 13.8 Å². The quantitative estimate of drug-likeness (QED) is 0.807. The third kappa shape index (κ3) is 4.16. The number of pyridine rings is 1. The van der Waals surface area contributed by atoms with Crippen LogP contribution in [0.4, 0.5) is 0 Å². The van der Waals surface area contributed by atoms with Gasteiger partial charge < -0.3 is 10.4 Å². The molecule has 2 N–H and O–H groups in total. The van der Waals surface area contributed by atoms with E-state index in [0.717, 1.165) is 12.8 Å². The second kappa shape index (κ2) is 6.74. The average Bonchev–Trinajstić information content (AvgIpc) is 2.36. The summed E-state index contributed by atoms with van der Waals surface area (Å²) in [7, 11) is 0. The van der Waals surface area contributed by atoms with Gasteiger partial charge in [-0.25, -0.2) is 4.79 Å². The number of rotatable bonds is 6. The van der Waals surface area contributed by atoms with Crippen molar-refractivity contribution in [2.45, 2.75) is 33.2 Å². The predicted octanol–water partition coefficient (Wildman–Crippen LogP) is 1.83. The predicted molar refractivity (Wildman–Crippen MR) is 67.1 cm³/mol. The summed E-state index contributed by atoms with van der Waals surface area (Å²) in [5.41, 5.74) is 0.725. The molecule has 0 aliphatic carbocycles. The van der Waals surface area contributed by atoms with Gasteiger partial charge in [-0.2, -0.15) is 0 Å². The molecule has 5 heteroatoms. The minimum Gasteiger partial charge on any atom is -0.478 e. The van der Waals surface area contributed by atoms with Crippen molar-refractivity contribution in [1.29, 1.82) is 0 Å². The molecule has 5 nitrogen and oxygen atoms in total. The Bertz CT molecular complexity index is 432. The Morgan fingerprint density at radius 3 is 2.83 bits per heavy atom. The van der Waals surface area contributed by atoms with E-state index in [-0.39, 0.29) is 23.9 Å². The number of nitrogens with one attached hydrogen (secondary N) is 1. The van der Waals surface area contributed by atoms with Crippen LogP contribution in [0, 0.1) is 5.92 Å². The van der Waals surface area contributed by atoms with Gasteiger partial charge in [0.05, 0.1) is 17.8 Å². The Kier molecular flexibility index (Phi) is 5.30. The van der Waals surface area contributed by atoms with Crippen LogP contribution in [0.3, 0.4) is 0 Å². The van der Waals surface area contributed by atoms with Gasteiger partial charge in [0, 0.05) is 12.1 Å². The van der Waals surface area contributed by atoms with Gasteiger partial charge >= 0.3 is 5.97 Å². The average molecular weight is 250 g/mol. The molecule has 98 valence electrons. The van der Waals surface area contributed by atoms with E-state index in [4.69, 9.17) is 5.11 Å². The van der Waals surface area contributed by atoms with E-state index >= 15 is 0 Å². The molecule has 18 heavy (non-hydrogen) atoms. The molecule has 1 rings (SSSR count). The Morgan fingerprint density at radius 1 is 1.50 bits per heavy atom. The van der Waals surface area contributed by atoms with Crippen molar-refractivity contribution in [3.63, 3.8) is 0 Å². The highest BCUT2D eigenvalue weighted by Crippen LogP contribution is 2.06. The summed E-state index contributed by atoms with van der Waals surface area (Å²) in [6.45, 7) is 4.16. The van der Waals surface area contributed by atoms with Gasteiger partial charge in [0.1, 0.15) is 0 Å². The number of carbonyl (C=O) groups excluding carboxylic acids is 1. The van der Waals surface area contributed by atoms with E-state index in [9.17, 15) is 9.59 Å². The third-order valence-electron chi connectivity index (χ3n) is 2.68. The van der Waals surface area contributed by atoms with Crippen molar-refractivity contribution in [3.8, 4) is 0 Å². The molecule has 0 aromatic carbocycles. The zero-order valence-corrected chi connectivity index (χ0v) is 10.6. The van der Waals surface area contributed by atoms with Gasteiger partial charge in [-0.05, 0) is 18.6 Å². The lowest BCUT2D eigenvalue weighted by Crippen LogP contribution is -2.29. The number of carbonyl (C=O) groups is 2. The fourth-order valence-electron chi connectivity index (χ4n) is 1.62. The number of aromatic carboxylic acids is 1. The number of aromatic nitrogens is 1. The van der Waals surface area contributed by atoms with Crippen molar-refractivity contribution >= 4 is 11.9 Å². The lowest BCUT2D eigenvalue weighted by Gasteiger charge is -2.10. The van der Waals surface area contributed by atoms with Gasteiger partial charge in [-0.1, -0.05) is 20.3 Å². The van der Waals surface area contributed by atoms with Gasteiger partial charge in [0.15, 0.2) is 0 Å². The fraction of sp³-hybridized carbons (Fsp3) is 0.462. The van der Waals surface area contributed by atoms with Crippen LogP contribution in [-0.4, -0.2) is 22.0 Å². The molecular weight excluding hydrogens is 232 g/mol. The largest absolute Gasteiger partial charge is 0.478 e. The van der Waals surface area contributed by atoms with Gasteiger partial charge in [-0.3, -0.25) is 9.78 Å². The number of hydrogen-bond acceptors (Lipinski definition) is 3. The van der Waals surface area contributed by atoms with Crippen molar-refractivity contribution in [2.75, 3.05) is 0 Å². The highest BCUT2D eigenvalue weighted by molar-refractivity contribution is 5.87. The van der Waals surface area contributed by atoms with Crippen molar-refractivity contribution < 1.29 is 14.7 Å². The molecule has 0 saturated heterocycles. The van der Waals surface area contributed by atoms with E-state index in [0.29, 0.717) is 5.69 Å². The molecule has 0 bridgehead atoms. The maximum atomic E-state index is 11.7. The molecule has 1 heterocycles. The molecule has 0 saturated carbocycles. The molecule has 0 aliphatic rings. The van der Waals surface area contributed by atoms with E-state index in [1.54, 1.807) is 0 Å². The van der Waals surface area contributed by atoms with Crippen molar-refractivity contribution in [3.05, 3.63) is 29.6 Å². The minimum absolute atomic E-state index is 0.0284. The van der Waals surface area contributed by atoms with Crippen LogP contribution in [-0.2, 0) is 11.3 Å². The minimum atomic E-state index is -0.996. The van der Waals surface area contributed by atoms with Gasteiger partial charge in [0.2, 0.25) is 5.91 Å². The van der Waals surface area contributed by atoms with E-state index in [2.05, 4.69) is 10.3 Å². The number of hydrogen-bond donors (Lipinski definition) is 2. The number of carboxylic acids is 1. The Balaban J connectivity index is 2.55. The van der Waals surface area contributed by atoms with Gasteiger partial charge in [0.25, 0.3) is 0 Å². The monoisotopic (exact) mass is 250 g/mol. The van der Waals surface area contributed by atoms with E-state index in [1.165, 1.54) is 18.3 Å². The fourth-order valence-corrected chi connectivity index (χ4v) is 1.62. The Hall–Kier alpha value is -1.91. The third-order valence-corrected chi connectivity index (χ3v) is 2.68. The molecule has 0 fully saturated rings. The number of carboxylic acid groups (broad SMARTS) is 1. The Morgan fingerprint density at radius 2 is 2.22 bits per heavy atom. The molecule has 1 aromatic heterocycles. The summed E-state index contributed by atoms with van der Waals surface area (Å²) >= 11 is 0. The van der Waals surface area contributed by atoms with Crippen LogP contribution in [0.2, 0.25) is 0 Å². The highest BCUT2D eigenvalue weighted by atomic mass is 16.4. The first-order valence-electron chi connectivity index (χ1n) is 6.00. The molecule has 0 spiro atoms. The first kappa shape index (κ1) is 14.2. The molecule has 1 amide bonds. The number of amides is 1. The van der Waals surface area contributed by atoms with E-state index < -0.39 is 5.97 Å². The molecular formula is C13H18N2O3. The highest BCUT2D eigenvalue weighted by Gasteiger charge is 2.11. The second-order valence-corrected chi connectivity index (χ2v) is 4.25. The summed E-state index contributed by atoms with van der Waals surface area (Å²) in [5, 5.41) is 11.6. The SMILES string of the molecule is CCCC(C)C(=O)NCc1cc(C(=O)O)ccn1. The van der Waals surface area contributed by atoms with Crippen LogP contribution in [0.25, 0.3) is 0 Å². The van der Waals surface area contributed by atoms with Crippen LogP contribution in [0.5, 0.6) is 0 Å². The second-order valence-electron chi connectivity index (χ2n) is 4.25. The van der Waals surface area contributed by atoms with Crippen LogP contribution in [0.1, 0.15) is 42.7 Å².